The van der Waals surface area contributed by atoms with Crippen LogP contribution in [0.1, 0.15) is 29.8 Å². The van der Waals surface area contributed by atoms with Crippen molar-refractivity contribution in [3.8, 4) is 0 Å². The summed E-state index contributed by atoms with van der Waals surface area (Å²) < 4.78 is 11.7. The summed E-state index contributed by atoms with van der Waals surface area (Å²) in [5.41, 5.74) is 0.897. The molecule has 16 heavy (non-hydrogen) atoms. The lowest BCUT2D eigenvalue weighted by Gasteiger charge is -2.07. The van der Waals surface area contributed by atoms with Crippen LogP contribution in [0.25, 0.3) is 0 Å². The molecular formula is C12H16O3S. The fraction of sp³-hybridized carbons (Fsp3) is 0.417. The van der Waals surface area contributed by atoms with Crippen LogP contribution in [0.5, 0.6) is 0 Å². The number of benzene rings is 1. The first-order chi connectivity index (χ1) is 7.50. The van der Waals surface area contributed by atoms with E-state index in [-0.39, 0.29) is 5.56 Å². The standard InChI is InChI=1S/C12H16O3S/c1-9(2)7-16(15)8-10-5-3-4-6-11(10)12(13)14/h3-6,9H,7-8H2,1-2H3,(H,13,14). The third-order valence-corrected chi connectivity index (χ3v) is 3.75. The van der Waals surface area contributed by atoms with Crippen LogP contribution in [-0.4, -0.2) is 21.0 Å². The topological polar surface area (TPSA) is 54.4 Å². The van der Waals surface area contributed by atoms with Crippen LogP contribution in [0.15, 0.2) is 24.3 Å². The molecule has 1 aromatic carbocycles. The minimum absolute atomic E-state index is 0.250. The van der Waals surface area contributed by atoms with Crippen molar-refractivity contribution in [1.29, 1.82) is 0 Å². The van der Waals surface area contributed by atoms with E-state index in [2.05, 4.69) is 0 Å². The lowest BCUT2D eigenvalue weighted by atomic mass is 10.1. The fourth-order valence-corrected chi connectivity index (χ4v) is 2.92. The van der Waals surface area contributed by atoms with Gasteiger partial charge in [0.15, 0.2) is 0 Å². The first-order valence-electron chi connectivity index (χ1n) is 5.17. The number of aromatic carboxylic acids is 1. The van der Waals surface area contributed by atoms with Crippen LogP contribution >= 0.6 is 0 Å². The van der Waals surface area contributed by atoms with Gasteiger partial charge in [0, 0.05) is 22.3 Å². The summed E-state index contributed by atoms with van der Waals surface area (Å²) in [6.45, 7) is 4.00. The zero-order valence-electron chi connectivity index (χ0n) is 9.47. The predicted octanol–water partition coefficient (Wildman–Crippen LogP) is 2.29. The molecule has 0 aliphatic carbocycles. The largest absolute Gasteiger partial charge is 0.478 e. The van der Waals surface area contributed by atoms with Crippen molar-refractivity contribution in [3.63, 3.8) is 0 Å². The van der Waals surface area contributed by atoms with E-state index in [0.29, 0.717) is 23.0 Å². The van der Waals surface area contributed by atoms with Crippen LogP contribution in [0, 0.1) is 5.92 Å². The van der Waals surface area contributed by atoms with Gasteiger partial charge in [-0.15, -0.1) is 0 Å². The summed E-state index contributed by atoms with van der Waals surface area (Å²) in [7, 11) is -0.991. The minimum atomic E-state index is -0.991. The van der Waals surface area contributed by atoms with Crippen molar-refractivity contribution < 1.29 is 14.1 Å². The molecule has 1 N–H and O–H groups in total. The van der Waals surface area contributed by atoms with Gasteiger partial charge in [-0.3, -0.25) is 4.21 Å². The van der Waals surface area contributed by atoms with E-state index < -0.39 is 16.8 Å². The van der Waals surface area contributed by atoms with Gasteiger partial charge in [0.25, 0.3) is 0 Å². The second-order valence-corrected chi connectivity index (χ2v) is 5.61. The van der Waals surface area contributed by atoms with Gasteiger partial charge in [-0.25, -0.2) is 4.79 Å². The lowest BCUT2D eigenvalue weighted by molar-refractivity contribution is 0.0696. The summed E-state index contributed by atoms with van der Waals surface area (Å²) in [6.07, 6.45) is 0. The highest BCUT2D eigenvalue weighted by molar-refractivity contribution is 7.84. The molecule has 0 saturated heterocycles. The van der Waals surface area contributed by atoms with Crippen LogP contribution in [0.4, 0.5) is 0 Å². The Morgan fingerprint density at radius 1 is 1.38 bits per heavy atom. The van der Waals surface area contributed by atoms with Gasteiger partial charge in [0.05, 0.1) is 5.56 Å². The number of carboxylic acids is 1. The average Bonchev–Trinajstić information content (AvgIpc) is 2.16. The summed E-state index contributed by atoms with van der Waals surface area (Å²) in [6, 6.07) is 6.72. The molecule has 1 rings (SSSR count). The smallest absolute Gasteiger partial charge is 0.335 e. The van der Waals surface area contributed by atoms with Crippen molar-refractivity contribution >= 4 is 16.8 Å². The summed E-state index contributed by atoms with van der Waals surface area (Å²) in [5, 5.41) is 8.96. The van der Waals surface area contributed by atoms with Gasteiger partial charge in [-0.05, 0) is 17.5 Å². The van der Waals surface area contributed by atoms with E-state index in [1.165, 1.54) is 0 Å². The highest BCUT2D eigenvalue weighted by Crippen LogP contribution is 2.12. The molecule has 0 aliphatic rings. The molecule has 3 nitrogen and oxygen atoms in total. The minimum Gasteiger partial charge on any atom is -0.478 e. The molecular weight excluding hydrogens is 224 g/mol. The normalized spacial score (nSPS) is 12.7. The maximum Gasteiger partial charge on any atom is 0.335 e. The fourth-order valence-electron chi connectivity index (χ4n) is 1.46. The Morgan fingerprint density at radius 2 is 2.00 bits per heavy atom. The van der Waals surface area contributed by atoms with Gasteiger partial charge in [0.2, 0.25) is 0 Å². The second kappa shape index (κ2) is 5.80. The zero-order valence-corrected chi connectivity index (χ0v) is 10.3. The highest BCUT2D eigenvalue weighted by Gasteiger charge is 2.12. The van der Waals surface area contributed by atoms with Crippen molar-refractivity contribution in [2.75, 3.05) is 5.75 Å². The molecule has 1 atom stereocenters. The van der Waals surface area contributed by atoms with E-state index in [1.54, 1.807) is 24.3 Å². The molecule has 0 saturated carbocycles. The molecule has 0 aliphatic heterocycles. The Hall–Kier alpha value is -1.16. The molecule has 1 unspecified atom stereocenters. The quantitative estimate of drug-likeness (QED) is 0.859. The Labute approximate surface area is 98.0 Å². The third-order valence-electron chi connectivity index (χ3n) is 2.08. The van der Waals surface area contributed by atoms with E-state index >= 15 is 0 Å². The van der Waals surface area contributed by atoms with Crippen molar-refractivity contribution in [2.24, 2.45) is 5.92 Å². The van der Waals surface area contributed by atoms with Gasteiger partial charge >= 0.3 is 5.97 Å². The predicted molar refractivity (Wildman–Crippen MR) is 65.0 cm³/mol. The number of carboxylic acid groups (broad SMARTS) is 1. The first kappa shape index (κ1) is 12.9. The average molecular weight is 240 g/mol. The molecule has 0 aromatic heterocycles. The van der Waals surface area contributed by atoms with Crippen molar-refractivity contribution in [3.05, 3.63) is 35.4 Å². The van der Waals surface area contributed by atoms with E-state index in [9.17, 15) is 9.00 Å². The SMILES string of the molecule is CC(C)CS(=O)Cc1ccccc1C(=O)O. The molecule has 0 bridgehead atoms. The van der Waals surface area contributed by atoms with Crippen molar-refractivity contribution in [2.45, 2.75) is 19.6 Å². The monoisotopic (exact) mass is 240 g/mol. The van der Waals surface area contributed by atoms with E-state index in [0.717, 1.165) is 0 Å². The van der Waals surface area contributed by atoms with E-state index in [4.69, 9.17) is 5.11 Å². The number of hydrogen-bond acceptors (Lipinski definition) is 2. The Kier molecular flexibility index (Phi) is 4.68. The molecule has 0 amide bonds. The van der Waals surface area contributed by atoms with E-state index in [1.807, 2.05) is 13.8 Å². The molecule has 88 valence electrons. The number of carbonyl (C=O) groups is 1. The zero-order chi connectivity index (χ0) is 12.1. The molecule has 0 radical (unpaired) electrons. The van der Waals surface area contributed by atoms with Crippen LogP contribution in [0.2, 0.25) is 0 Å². The number of rotatable bonds is 5. The Bertz CT molecular complexity index is 399. The van der Waals surface area contributed by atoms with Gasteiger partial charge in [-0.2, -0.15) is 0 Å². The summed E-state index contributed by atoms with van der Waals surface area (Å²) in [4.78, 5) is 10.9. The van der Waals surface area contributed by atoms with Crippen LogP contribution in [0.3, 0.4) is 0 Å². The number of hydrogen-bond donors (Lipinski definition) is 1. The third kappa shape index (κ3) is 3.77. The summed E-state index contributed by atoms with van der Waals surface area (Å²) in [5.74, 6) is 0.323. The summed E-state index contributed by atoms with van der Waals surface area (Å²) >= 11 is 0. The van der Waals surface area contributed by atoms with Gasteiger partial charge < -0.3 is 5.11 Å². The maximum atomic E-state index is 11.7. The molecule has 4 heteroatoms. The Morgan fingerprint density at radius 3 is 2.56 bits per heavy atom. The highest BCUT2D eigenvalue weighted by atomic mass is 32.2. The molecule has 0 heterocycles. The first-order valence-corrected chi connectivity index (χ1v) is 6.65. The Balaban J connectivity index is 2.81. The second-order valence-electron chi connectivity index (χ2n) is 4.11. The van der Waals surface area contributed by atoms with Gasteiger partial charge in [0.1, 0.15) is 0 Å². The molecule has 1 aromatic rings. The van der Waals surface area contributed by atoms with Crippen LogP contribution in [-0.2, 0) is 16.6 Å². The van der Waals surface area contributed by atoms with Gasteiger partial charge in [-0.1, -0.05) is 32.0 Å². The lowest BCUT2D eigenvalue weighted by Crippen LogP contribution is -2.10. The molecule has 0 spiro atoms. The molecule has 0 fully saturated rings. The van der Waals surface area contributed by atoms with Crippen molar-refractivity contribution in [1.82, 2.24) is 0 Å². The maximum absolute atomic E-state index is 11.7. The van der Waals surface area contributed by atoms with Crippen LogP contribution < -0.4 is 0 Å².